The normalized spacial score (nSPS) is 11.2. The lowest BCUT2D eigenvalue weighted by Crippen LogP contribution is -2.15. The van der Waals surface area contributed by atoms with E-state index in [2.05, 4.69) is 13.8 Å². The number of aryl methyl sites for hydroxylation is 1. The Hall–Kier alpha value is -1.84. The maximum absolute atomic E-state index is 12.2. The minimum absolute atomic E-state index is 0.210. The van der Waals surface area contributed by atoms with Crippen molar-refractivity contribution in [3.8, 4) is 11.5 Å². The molecule has 0 aliphatic carbocycles. The lowest BCUT2D eigenvalue weighted by molar-refractivity contribution is -0.138. The summed E-state index contributed by atoms with van der Waals surface area (Å²) in [6, 6.07) is 5.46. The maximum atomic E-state index is 12.2. The van der Waals surface area contributed by atoms with Gasteiger partial charge in [-0.05, 0) is 42.2 Å². The molecule has 0 atom stereocenters. The first-order valence-electron chi connectivity index (χ1n) is 9.22. The number of benzene rings is 1. The molecule has 4 heteroatoms. The smallest absolute Gasteiger partial charge is 0.311 e. The van der Waals surface area contributed by atoms with Crippen molar-refractivity contribution in [1.29, 1.82) is 0 Å². The first kappa shape index (κ1) is 21.2. The Bertz CT molecular complexity index is 573. The third kappa shape index (κ3) is 8.19. The second-order valence-corrected chi connectivity index (χ2v) is 7.82. The van der Waals surface area contributed by atoms with E-state index in [4.69, 9.17) is 9.47 Å². The van der Waals surface area contributed by atoms with Gasteiger partial charge in [0.1, 0.15) is 0 Å². The first-order chi connectivity index (χ1) is 11.7. The van der Waals surface area contributed by atoms with E-state index >= 15 is 0 Å². The topological polar surface area (TPSA) is 52.6 Å². The Morgan fingerprint density at radius 2 is 1.40 bits per heavy atom. The van der Waals surface area contributed by atoms with Crippen LogP contribution >= 0.6 is 0 Å². The fourth-order valence-corrected chi connectivity index (χ4v) is 2.39. The van der Waals surface area contributed by atoms with Gasteiger partial charge in [0.15, 0.2) is 11.5 Å². The highest BCUT2D eigenvalue weighted by Gasteiger charge is 2.19. The van der Waals surface area contributed by atoms with Crippen molar-refractivity contribution >= 4 is 11.9 Å². The van der Waals surface area contributed by atoms with E-state index in [-0.39, 0.29) is 23.8 Å². The minimum Gasteiger partial charge on any atom is -0.422 e. The predicted octanol–water partition coefficient (Wildman–Crippen LogP) is 5.18. The van der Waals surface area contributed by atoms with Gasteiger partial charge in [-0.3, -0.25) is 9.59 Å². The summed E-state index contributed by atoms with van der Waals surface area (Å²) in [7, 11) is 0. The van der Waals surface area contributed by atoms with Crippen molar-refractivity contribution in [2.45, 2.75) is 67.2 Å². The highest BCUT2D eigenvalue weighted by molar-refractivity contribution is 5.77. The van der Waals surface area contributed by atoms with Gasteiger partial charge in [-0.15, -0.1) is 0 Å². The van der Waals surface area contributed by atoms with E-state index in [1.54, 1.807) is 6.07 Å². The van der Waals surface area contributed by atoms with Crippen molar-refractivity contribution in [2.24, 2.45) is 17.8 Å². The van der Waals surface area contributed by atoms with E-state index in [1.807, 2.05) is 39.8 Å². The molecule has 0 saturated heterocycles. The number of esters is 2. The van der Waals surface area contributed by atoms with Crippen LogP contribution in [0.4, 0.5) is 0 Å². The SMILES string of the molecule is CC(C)CCc1cccc(OC(=O)CC(C)C)c1OC(=O)CC(C)C. The van der Waals surface area contributed by atoms with Gasteiger partial charge < -0.3 is 9.47 Å². The summed E-state index contributed by atoms with van der Waals surface area (Å²) < 4.78 is 11.1. The van der Waals surface area contributed by atoms with Gasteiger partial charge in [0.25, 0.3) is 0 Å². The van der Waals surface area contributed by atoms with E-state index in [0.717, 1.165) is 18.4 Å². The maximum Gasteiger partial charge on any atom is 0.311 e. The van der Waals surface area contributed by atoms with Gasteiger partial charge >= 0.3 is 11.9 Å². The summed E-state index contributed by atoms with van der Waals surface area (Å²) in [6.07, 6.45) is 2.41. The van der Waals surface area contributed by atoms with Crippen LogP contribution in [-0.4, -0.2) is 11.9 Å². The van der Waals surface area contributed by atoms with Gasteiger partial charge in [0.05, 0.1) is 0 Å². The van der Waals surface area contributed by atoms with Crippen molar-refractivity contribution in [3.63, 3.8) is 0 Å². The number of para-hydroxylation sites is 1. The Morgan fingerprint density at radius 1 is 0.840 bits per heavy atom. The molecule has 0 aliphatic heterocycles. The fraction of sp³-hybridized carbons (Fsp3) is 0.619. The number of hydrogen-bond acceptors (Lipinski definition) is 4. The van der Waals surface area contributed by atoms with Crippen LogP contribution in [0.15, 0.2) is 18.2 Å². The zero-order valence-electron chi connectivity index (χ0n) is 16.4. The van der Waals surface area contributed by atoms with Crippen LogP contribution in [0, 0.1) is 17.8 Å². The molecule has 0 spiro atoms. The van der Waals surface area contributed by atoms with Crippen LogP contribution < -0.4 is 9.47 Å². The van der Waals surface area contributed by atoms with Gasteiger partial charge in [-0.2, -0.15) is 0 Å². The van der Waals surface area contributed by atoms with Crippen molar-refractivity contribution in [2.75, 3.05) is 0 Å². The van der Waals surface area contributed by atoms with Gasteiger partial charge in [-0.1, -0.05) is 53.7 Å². The number of rotatable bonds is 9. The minimum atomic E-state index is -0.308. The van der Waals surface area contributed by atoms with E-state index in [1.165, 1.54) is 0 Å². The molecular weight excluding hydrogens is 316 g/mol. The van der Waals surface area contributed by atoms with E-state index in [0.29, 0.717) is 30.3 Å². The number of carbonyl (C=O) groups is 2. The second kappa shape index (κ2) is 10.2. The Morgan fingerprint density at radius 3 is 1.92 bits per heavy atom. The molecule has 0 aromatic heterocycles. The second-order valence-electron chi connectivity index (χ2n) is 7.82. The highest BCUT2D eigenvalue weighted by Crippen LogP contribution is 2.34. The number of carbonyl (C=O) groups excluding carboxylic acids is 2. The lowest BCUT2D eigenvalue weighted by Gasteiger charge is -2.16. The summed E-state index contributed by atoms with van der Waals surface area (Å²) in [4.78, 5) is 24.2. The molecule has 1 aromatic carbocycles. The average Bonchev–Trinajstić information content (AvgIpc) is 2.45. The molecule has 0 radical (unpaired) electrons. The van der Waals surface area contributed by atoms with Crippen LogP contribution in [0.3, 0.4) is 0 Å². The Balaban J connectivity index is 3.05. The molecule has 1 rings (SSSR count). The number of ether oxygens (including phenoxy) is 2. The number of hydrogen-bond donors (Lipinski definition) is 0. The van der Waals surface area contributed by atoms with Crippen LogP contribution in [0.25, 0.3) is 0 Å². The molecular formula is C21H32O4. The fourth-order valence-electron chi connectivity index (χ4n) is 2.39. The molecule has 0 fully saturated rings. The third-order valence-electron chi connectivity index (χ3n) is 3.64. The quantitative estimate of drug-likeness (QED) is 0.456. The third-order valence-corrected chi connectivity index (χ3v) is 3.64. The van der Waals surface area contributed by atoms with Gasteiger partial charge in [0, 0.05) is 12.8 Å². The molecule has 0 heterocycles. The summed E-state index contributed by atoms with van der Waals surface area (Å²) in [5, 5.41) is 0. The molecule has 0 unspecified atom stereocenters. The molecule has 0 saturated carbocycles. The van der Waals surface area contributed by atoms with Crippen LogP contribution in [0.1, 0.15) is 66.4 Å². The molecule has 4 nitrogen and oxygen atoms in total. The zero-order valence-corrected chi connectivity index (χ0v) is 16.4. The molecule has 0 amide bonds. The summed E-state index contributed by atoms with van der Waals surface area (Å²) in [6.45, 7) is 12.2. The van der Waals surface area contributed by atoms with Gasteiger partial charge in [-0.25, -0.2) is 0 Å². The molecule has 1 aromatic rings. The first-order valence-corrected chi connectivity index (χ1v) is 9.22. The summed E-state index contributed by atoms with van der Waals surface area (Å²) >= 11 is 0. The molecule has 25 heavy (non-hydrogen) atoms. The van der Waals surface area contributed by atoms with Crippen LogP contribution in [0.5, 0.6) is 11.5 Å². The van der Waals surface area contributed by atoms with Crippen molar-refractivity contribution < 1.29 is 19.1 Å². The van der Waals surface area contributed by atoms with Crippen molar-refractivity contribution in [3.05, 3.63) is 23.8 Å². The predicted molar refractivity (Wildman–Crippen MR) is 99.8 cm³/mol. The van der Waals surface area contributed by atoms with Crippen LogP contribution in [-0.2, 0) is 16.0 Å². The van der Waals surface area contributed by atoms with E-state index < -0.39 is 0 Å². The van der Waals surface area contributed by atoms with Crippen LogP contribution in [0.2, 0.25) is 0 Å². The standard InChI is InChI=1S/C21H32O4/c1-14(2)10-11-17-8-7-9-18(24-19(22)12-15(3)4)21(17)25-20(23)13-16(5)6/h7-9,14-16H,10-13H2,1-6H3. The molecule has 0 N–H and O–H groups in total. The largest absolute Gasteiger partial charge is 0.422 e. The van der Waals surface area contributed by atoms with E-state index in [9.17, 15) is 9.59 Å². The Kier molecular flexibility index (Phi) is 8.67. The monoisotopic (exact) mass is 348 g/mol. The molecule has 0 aliphatic rings. The Labute approximate surface area is 151 Å². The summed E-state index contributed by atoms with van der Waals surface area (Å²) in [5.74, 6) is 1.08. The van der Waals surface area contributed by atoms with Crippen molar-refractivity contribution in [1.82, 2.24) is 0 Å². The summed E-state index contributed by atoms with van der Waals surface area (Å²) in [5.41, 5.74) is 0.903. The molecule has 0 bridgehead atoms. The van der Waals surface area contributed by atoms with Gasteiger partial charge in [0.2, 0.25) is 0 Å². The highest BCUT2D eigenvalue weighted by atomic mass is 16.6. The zero-order chi connectivity index (χ0) is 19.0. The average molecular weight is 348 g/mol. The lowest BCUT2D eigenvalue weighted by atomic mass is 10.0. The molecule has 140 valence electrons.